The number of fused-ring (bicyclic) bond motifs is 1. The molecule has 1 aliphatic heterocycles. The summed E-state index contributed by atoms with van der Waals surface area (Å²) in [5, 5.41) is 0. The molecule has 22 heavy (non-hydrogen) atoms. The molecule has 1 saturated heterocycles. The third-order valence-electron chi connectivity index (χ3n) is 3.58. The standard InChI is InChI=1S/C13H17N3O5S/c17-13-14-11-4-3-10(9-12(11)21-13)22(18,19)15-20-8-7-16-5-1-2-6-16/h3-4,9,15H,1-2,5-8H2,(H,14,17). The Kier molecular flexibility index (Phi) is 4.30. The van der Waals surface area contributed by atoms with E-state index in [1.165, 1.54) is 31.0 Å². The number of benzene rings is 1. The highest BCUT2D eigenvalue weighted by Crippen LogP contribution is 2.16. The van der Waals surface area contributed by atoms with Gasteiger partial charge in [0.25, 0.3) is 10.0 Å². The van der Waals surface area contributed by atoms with Crippen molar-refractivity contribution >= 4 is 21.1 Å². The van der Waals surface area contributed by atoms with Crippen molar-refractivity contribution in [2.45, 2.75) is 17.7 Å². The molecular formula is C13H17N3O5S. The zero-order chi connectivity index (χ0) is 15.6. The minimum absolute atomic E-state index is 0.0241. The normalized spacial score (nSPS) is 16.5. The molecule has 0 radical (unpaired) electrons. The van der Waals surface area contributed by atoms with Gasteiger partial charge in [-0.2, -0.15) is 0 Å². The molecule has 0 saturated carbocycles. The third-order valence-corrected chi connectivity index (χ3v) is 4.79. The highest BCUT2D eigenvalue weighted by Gasteiger charge is 2.17. The summed E-state index contributed by atoms with van der Waals surface area (Å²) in [5.41, 5.74) is 0.629. The summed E-state index contributed by atoms with van der Waals surface area (Å²) in [6, 6.07) is 4.12. The molecule has 8 nitrogen and oxygen atoms in total. The van der Waals surface area contributed by atoms with Gasteiger partial charge in [0.05, 0.1) is 17.0 Å². The number of sulfonamides is 1. The van der Waals surface area contributed by atoms with Crippen LogP contribution in [-0.2, 0) is 14.9 Å². The zero-order valence-electron chi connectivity index (χ0n) is 11.9. The second-order valence-electron chi connectivity index (χ2n) is 5.16. The van der Waals surface area contributed by atoms with Gasteiger partial charge in [-0.25, -0.2) is 13.2 Å². The lowest BCUT2D eigenvalue weighted by Crippen LogP contribution is -2.30. The van der Waals surface area contributed by atoms with E-state index in [0.717, 1.165) is 13.1 Å². The van der Waals surface area contributed by atoms with Gasteiger partial charge in [-0.05, 0) is 38.1 Å². The van der Waals surface area contributed by atoms with Gasteiger partial charge < -0.3 is 9.32 Å². The van der Waals surface area contributed by atoms with E-state index < -0.39 is 15.8 Å². The second-order valence-corrected chi connectivity index (χ2v) is 6.80. The fourth-order valence-corrected chi connectivity index (χ4v) is 3.29. The maximum absolute atomic E-state index is 12.1. The predicted molar refractivity (Wildman–Crippen MR) is 78.8 cm³/mol. The fourth-order valence-electron chi connectivity index (χ4n) is 2.44. The van der Waals surface area contributed by atoms with Crippen LogP contribution in [0.15, 0.2) is 32.3 Å². The van der Waals surface area contributed by atoms with Gasteiger partial charge >= 0.3 is 5.76 Å². The molecule has 1 fully saturated rings. The quantitative estimate of drug-likeness (QED) is 0.589. The number of oxazole rings is 1. The van der Waals surface area contributed by atoms with E-state index in [4.69, 9.17) is 9.25 Å². The summed E-state index contributed by atoms with van der Waals surface area (Å²) in [7, 11) is -3.80. The Balaban J connectivity index is 1.61. The van der Waals surface area contributed by atoms with Crippen LogP contribution in [0.4, 0.5) is 0 Å². The molecular weight excluding hydrogens is 310 g/mol. The van der Waals surface area contributed by atoms with Gasteiger partial charge in [0.15, 0.2) is 5.58 Å². The van der Waals surface area contributed by atoms with E-state index >= 15 is 0 Å². The van der Waals surface area contributed by atoms with Crippen molar-refractivity contribution in [3.63, 3.8) is 0 Å². The number of nitrogens with one attached hydrogen (secondary N) is 2. The third kappa shape index (κ3) is 3.38. The smallest absolute Gasteiger partial charge is 0.408 e. The molecule has 0 spiro atoms. The van der Waals surface area contributed by atoms with Crippen LogP contribution in [0.25, 0.3) is 11.1 Å². The molecule has 1 aromatic carbocycles. The lowest BCUT2D eigenvalue weighted by atomic mass is 10.3. The van der Waals surface area contributed by atoms with Crippen molar-refractivity contribution < 1.29 is 17.7 Å². The van der Waals surface area contributed by atoms with Gasteiger partial charge in [0, 0.05) is 12.6 Å². The summed E-state index contributed by atoms with van der Waals surface area (Å²) in [4.78, 5) is 22.8. The molecule has 0 bridgehead atoms. The number of hydrogen-bond donors (Lipinski definition) is 2. The van der Waals surface area contributed by atoms with Crippen molar-refractivity contribution in [2.75, 3.05) is 26.2 Å². The van der Waals surface area contributed by atoms with E-state index in [9.17, 15) is 13.2 Å². The minimum atomic E-state index is -3.80. The van der Waals surface area contributed by atoms with Crippen LogP contribution in [-0.4, -0.2) is 44.5 Å². The SMILES string of the molecule is O=c1[nH]c2ccc(S(=O)(=O)NOCCN3CCCC3)cc2o1. The van der Waals surface area contributed by atoms with E-state index in [1.807, 2.05) is 0 Å². The molecule has 9 heteroatoms. The largest absolute Gasteiger partial charge is 0.417 e. The number of likely N-dealkylation sites (tertiary alicyclic amines) is 1. The van der Waals surface area contributed by atoms with E-state index in [-0.39, 0.29) is 17.1 Å². The maximum Gasteiger partial charge on any atom is 0.417 e. The van der Waals surface area contributed by atoms with Crippen LogP contribution < -0.4 is 10.6 Å². The molecule has 0 unspecified atom stereocenters. The molecule has 3 rings (SSSR count). The first-order chi connectivity index (χ1) is 10.5. The monoisotopic (exact) mass is 327 g/mol. The average molecular weight is 327 g/mol. The Morgan fingerprint density at radius 1 is 1.32 bits per heavy atom. The van der Waals surface area contributed by atoms with Crippen LogP contribution in [0.1, 0.15) is 12.8 Å². The molecule has 2 aromatic rings. The Labute approximate surface area is 127 Å². The number of rotatable bonds is 6. The summed E-state index contributed by atoms with van der Waals surface area (Å²) in [5.74, 6) is -0.626. The summed E-state index contributed by atoms with van der Waals surface area (Å²) in [6.07, 6.45) is 2.35. The van der Waals surface area contributed by atoms with Crippen LogP contribution in [0.2, 0.25) is 0 Å². The Morgan fingerprint density at radius 2 is 2.09 bits per heavy atom. The summed E-state index contributed by atoms with van der Waals surface area (Å²) >= 11 is 0. The topological polar surface area (TPSA) is 105 Å². The van der Waals surface area contributed by atoms with E-state index in [0.29, 0.717) is 12.1 Å². The van der Waals surface area contributed by atoms with E-state index in [1.54, 1.807) is 0 Å². The number of aromatic nitrogens is 1. The first-order valence-corrected chi connectivity index (χ1v) is 8.52. The number of H-pyrrole nitrogens is 1. The molecule has 0 amide bonds. The molecule has 2 N–H and O–H groups in total. The molecule has 0 atom stereocenters. The highest BCUT2D eigenvalue weighted by atomic mass is 32.2. The van der Waals surface area contributed by atoms with Gasteiger partial charge in [-0.3, -0.25) is 9.82 Å². The number of nitrogens with zero attached hydrogens (tertiary/aromatic N) is 1. The number of aromatic amines is 1. The van der Waals surface area contributed by atoms with Crippen molar-refractivity contribution in [1.82, 2.24) is 14.8 Å². The Hall–Kier alpha value is -1.68. The second kappa shape index (κ2) is 6.21. The van der Waals surface area contributed by atoms with Gasteiger partial charge in [-0.1, -0.05) is 4.89 Å². The predicted octanol–water partition coefficient (Wildman–Crippen LogP) is 0.427. The van der Waals surface area contributed by atoms with Crippen LogP contribution in [0.5, 0.6) is 0 Å². The van der Waals surface area contributed by atoms with Crippen molar-refractivity contribution in [3.8, 4) is 0 Å². The van der Waals surface area contributed by atoms with Crippen molar-refractivity contribution in [3.05, 3.63) is 28.7 Å². The summed E-state index contributed by atoms with van der Waals surface area (Å²) in [6.45, 7) is 3.02. The van der Waals surface area contributed by atoms with Gasteiger partial charge in [-0.15, -0.1) is 0 Å². The van der Waals surface area contributed by atoms with Crippen LogP contribution in [0, 0.1) is 0 Å². The lowest BCUT2D eigenvalue weighted by molar-refractivity contribution is 0.0756. The molecule has 2 heterocycles. The molecule has 0 aliphatic carbocycles. The number of hydrogen-bond acceptors (Lipinski definition) is 6. The van der Waals surface area contributed by atoms with Crippen molar-refractivity contribution in [1.29, 1.82) is 0 Å². The van der Waals surface area contributed by atoms with Crippen LogP contribution >= 0.6 is 0 Å². The van der Waals surface area contributed by atoms with Crippen LogP contribution in [0.3, 0.4) is 0 Å². The Bertz CT molecular complexity index is 804. The molecule has 120 valence electrons. The fraction of sp³-hybridized carbons (Fsp3) is 0.462. The maximum atomic E-state index is 12.1. The van der Waals surface area contributed by atoms with Crippen molar-refractivity contribution in [2.24, 2.45) is 0 Å². The molecule has 1 aromatic heterocycles. The first kappa shape index (κ1) is 15.2. The summed E-state index contributed by atoms with van der Waals surface area (Å²) < 4.78 is 29.0. The average Bonchev–Trinajstić information content (AvgIpc) is 3.10. The zero-order valence-corrected chi connectivity index (χ0v) is 12.7. The highest BCUT2D eigenvalue weighted by molar-refractivity contribution is 7.89. The Morgan fingerprint density at radius 3 is 2.86 bits per heavy atom. The van der Waals surface area contributed by atoms with E-state index in [2.05, 4.69) is 14.8 Å². The minimum Gasteiger partial charge on any atom is -0.408 e. The van der Waals surface area contributed by atoms with Gasteiger partial charge in [0.1, 0.15) is 0 Å². The lowest BCUT2D eigenvalue weighted by Gasteiger charge is -2.14. The first-order valence-electron chi connectivity index (χ1n) is 7.03. The molecule has 1 aliphatic rings. The van der Waals surface area contributed by atoms with Gasteiger partial charge in [0.2, 0.25) is 0 Å².